The minimum Gasteiger partial charge on any atom is -0.354 e. The first-order valence-corrected chi connectivity index (χ1v) is 10.3. The van der Waals surface area contributed by atoms with Gasteiger partial charge in [-0.1, -0.05) is 0 Å². The number of aromatic nitrogens is 4. The molecule has 0 amide bonds. The van der Waals surface area contributed by atoms with E-state index in [2.05, 4.69) is 15.0 Å². The minimum atomic E-state index is -4.04. The lowest BCUT2D eigenvalue weighted by Crippen LogP contribution is -2.49. The molecule has 0 radical (unpaired) electrons. The van der Waals surface area contributed by atoms with Crippen LogP contribution in [0.5, 0.6) is 0 Å². The van der Waals surface area contributed by atoms with E-state index < -0.39 is 26.6 Å². The van der Waals surface area contributed by atoms with Gasteiger partial charge in [-0.2, -0.15) is 4.31 Å². The summed E-state index contributed by atoms with van der Waals surface area (Å²) in [7, 11) is -4.04. The summed E-state index contributed by atoms with van der Waals surface area (Å²) in [6.45, 7) is 2.92. The third-order valence-electron chi connectivity index (χ3n) is 4.79. The summed E-state index contributed by atoms with van der Waals surface area (Å²) >= 11 is 0. The van der Waals surface area contributed by atoms with Crippen LogP contribution in [0.3, 0.4) is 0 Å². The lowest BCUT2D eigenvalue weighted by Gasteiger charge is -2.34. The predicted molar refractivity (Wildman–Crippen MR) is 101 cm³/mol. The van der Waals surface area contributed by atoms with E-state index in [0.717, 1.165) is 18.0 Å². The molecule has 1 saturated heterocycles. The number of aryl methyl sites for hydroxylation is 1. The maximum atomic E-state index is 14.0. The van der Waals surface area contributed by atoms with Gasteiger partial charge in [0.05, 0.1) is 0 Å². The average Bonchev–Trinajstić information content (AvgIpc) is 3.14. The van der Waals surface area contributed by atoms with Crippen molar-refractivity contribution in [3.05, 3.63) is 60.4 Å². The van der Waals surface area contributed by atoms with Gasteiger partial charge in [0, 0.05) is 50.7 Å². The van der Waals surface area contributed by atoms with Crippen molar-refractivity contribution in [2.75, 3.05) is 31.1 Å². The lowest BCUT2D eigenvalue weighted by atomic mass is 10.3. The second-order valence-corrected chi connectivity index (χ2v) is 8.45. The standard InChI is InChI=1S/C18H18F2N6O2S/c1-13-21-4-5-26(13)18-11-17(22-12-23-18)24-6-8-25(9-7-24)29(27,28)16-3-2-14(19)10-15(16)20/h2-5,10-12H,6-9H2,1H3. The van der Waals surface area contributed by atoms with Gasteiger partial charge in [-0.15, -0.1) is 0 Å². The molecule has 0 aliphatic carbocycles. The molecule has 0 unspecified atom stereocenters. The van der Waals surface area contributed by atoms with Crippen LogP contribution < -0.4 is 4.90 Å². The van der Waals surface area contributed by atoms with Gasteiger partial charge in [0.1, 0.15) is 40.3 Å². The van der Waals surface area contributed by atoms with E-state index in [-0.39, 0.29) is 13.1 Å². The number of sulfonamides is 1. The molecule has 0 N–H and O–H groups in total. The highest BCUT2D eigenvalue weighted by Crippen LogP contribution is 2.23. The molecular formula is C18H18F2N6O2S. The number of anilines is 1. The van der Waals surface area contributed by atoms with Crippen molar-refractivity contribution in [1.29, 1.82) is 0 Å². The SMILES string of the molecule is Cc1nccn1-c1cc(N2CCN(S(=O)(=O)c3ccc(F)cc3F)CC2)ncn1. The first kappa shape index (κ1) is 19.4. The van der Waals surface area contributed by atoms with Gasteiger partial charge >= 0.3 is 0 Å². The van der Waals surface area contributed by atoms with Crippen LogP contribution in [-0.4, -0.2) is 58.4 Å². The van der Waals surface area contributed by atoms with E-state index in [4.69, 9.17) is 0 Å². The summed E-state index contributed by atoms with van der Waals surface area (Å²) in [6.07, 6.45) is 4.92. The molecule has 0 atom stereocenters. The molecule has 4 rings (SSSR count). The molecule has 8 nitrogen and oxygen atoms in total. The Bertz CT molecular complexity index is 1140. The Hall–Kier alpha value is -2.92. The number of piperazine rings is 1. The van der Waals surface area contributed by atoms with Crippen molar-refractivity contribution in [1.82, 2.24) is 23.8 Å². The van der Waals surface area contributed by atoms with Crippen molar-refractivity contribution >= 4 is 15.8 Å². The molecule has 152 valence electrons. The zero-order valence-electron chi connectivity index (χ0n) is 15.5. The van der Waals surface area contributed by atoms with Crippen LogP contribution in [0.2, 0.25) is 0 Å². The van der Waals surface area contributed by atoms with Gasteiger partial charge in [0.25, 0.3) is 0 Å². The van der Waals surface area contributed by atoms with E-state index in [1.807, 2.05) is 16.4 Å². The van der Waals surface area contributed by atoms with Crippen molar-refractivity contribution in [2.24, 2.45) is 0 Å². The summed E-state index contributed by atoms with van der Waals surface area (Å²) in [5.41, 5.74) is 0. The van der Waals surface area contributed by atoms with E-state index in [1.54, 1.807) is 18.5 Å². The quantitative estimate of drug-likeness (QED) is 0.640. The number of rotatable bonds is 4. The van der Waals surface area contributed by atoms with Gasteiger partial charge in [0.2, 0.25) is 10.0 Å². The predicted octanol–water partition coefficient (Wildman–Crippen LogP) is 1.76. The highest BCUT2D eigenvalue weighted by molar-refractivity contribution is 7.89. The molecule has 3 heterocycles. The molecule has 3 aromatic rings. The maximum absolute atomic E-state index is 14.0. The zero-order chi connectivity index (χ0) is 20.6. The van der Waals surface area contributed by atoms with Crippen LogP contribution in [0.1, 0.15) is 5.82 Å². The van der Waals surface area contributed by atoms with Crippen LogP contribution in [0.25, 0.3) is 5.82 Å². The highest BCUT2D eigenvalue weighted by atomic mass is 32.2. The fourth-order valence-corrected chi connectivity index (χ4v) is 4.71. The highest BCUT2D eigenvalue weighted by Gasteiger charge is 2.31. The fraction of sp³-hybridized carbons (Fsp3) is 0.278. The Morgan fingerprint density at radius 3 is 2.34 bits per heavy atom. The van der Waals surface area contributed by atoms with Gasteiger partial charge in [-0.05, 0) is 19.1 Å². The first-order chi connectivity index (χ1) is 13.9. The summed E-state index contributed by atoms with van der Waals surface area (Å²) in [5, 5.41) is 0. The molecular weight excluding hydrogens is 402 g/mol. The molecule has 0 saturated carbocycles. The monoisotopic (exact) mass is 420 g/mol. The lowest BCUT2D eigenvalue weighted by molar-refractivity contribution is 0.381. The molecule has 1 aromatic carbocycles. The number of halogens is 2. The largest absolute Gasteiger partial charge is 0.354 e. The fourth-order valence-electron chi connectivity index (χ4n) is 3.24. The Kier molecular flexibility index (Phi) is 5.01. The molecule has 1 aliphatic rings. The molecule has 2 aromatic heterocycles. The molecule has 0 spiro atoms. The summed E-state index contributed by atoms with van der Waals surface area (Å²) in [5.74, 6) is 0.191. The smallest absolute Gasteiger partial charge is 0.246 e. The minimum absolute atomic E-state index is 0.155. The van der Waals surface area contributed by atoms with Crippen LogP contribution >= 0.6 is 0 Å². The summed E-state index contributed by atoms with van der Waals surface area (Å²) in [4.78, 5) is 14.1. The number of benzene rings is 1. The van der Waals surface area contributed by atoms with E-state index in [0.29, 0.717) is 30.8 Å². The normalized spacial score (nSPS) is 15.6. The third kappa shape index (κ3) is 3.70. The van der Waals surface area contributed by atoms with Gasteiger partial charge in [-0.25, -0.2) is 32.2 Å². The second kappa shape index (κ2) is 7.48. The number of hydrogen-bond donors (Lipinski definition) is 0. The van der Waals surface area contributed by atoms with E-state index in [9.17, 15) is 17.2 Å². The Morgan fingerprint density at radius 2 is 1.69 bits per heavy atom. The van der Waals surface area contributed by atoms with Crippen LogP contribution in [0, 0.1) is 18.6 Å². The molecule has 11 heteroatoms. The van der Waals surface area contributed by atoms with Gasteiger partial charge < -0.3 is 4.90 Å². The zero-order valence-corrected chi connectivity index (χ0v) is 16.4. The van der Waals surface area contributed by atoms with Crippen molar-refractivity contribution in [3.63, 3.8) is 0 Å². The number of hydrogen-bond acceptors (Lipinski definition) is 6. The molecule has 1 aliphatic heterocycles. The maximum Gasteiger partial charge on any atom is 0.246 e. The summed E-state index contributed by atoms with van der Waals surface area (Å²) < 4.78 is 55.5. The number of imidazole rings is 1. The van der Waals surface area contributed by atoms with E-state index >= 15 is 0 Å². The molecule has 1 fully saturated rings. The van der Waals surface area contributed by atoms with Crippen LogP contribution in [-0.2, 0) is 10.0 Å². The molecule has 29 heavy (non-hydrogen) atoms. The van der Waals surface area contributed by atoms with Crippen LogP contribution in [0.15, 0.2) is 47.9 Å². The summed E-state index contributed by atoms with van der Waals surface area (Å²) in [6, 6.07) is 4.27. The van der Waals surface area contributed by atoms with Crippen molar-refractivity contribution < 1.29 is 17.2 Å². The Balaban J connectivity index is 1.51. The second-order valence-electron chi connectivity index (χ2n) is 6.54. The van der Waals surface area contributed by atoms with Gasteiger partial charge in [0.15, 0.2) is 0 Å². The van der Waals surface area contributed by atoms with Crippen molar-refractivity contribution in [3.8, 4) is 5.82 Å². The average molecular weight is 420 g/mol. The van der Waals surface area contributed by atoms with Gasteiger partial charge in [-0.3, -0.25) is 4.57 Å². The van der Waals surface area contributed by atoms with E-state index in [1.165, 1.54) is 10.6 Å². The Labute approximate surface area is 166 Å². The first-order valence-electron chi connectivity index (χ1n) is 8.89. The third-order valence-corrected chi connectivity index (χ3v) is 6.72. The van der Waals surface area contributed by atoms with Crippen LogP contribution in [0.4, 0.5) is 14.6 Å². The number of nitrogens with zero attached hydrogens (tertiary/aromatic N) is 6. The van der Waals surface area contributed by atoms with Crippen molar-refractivity contribution in [2.45, 2.75) is 11.8 Å². The topological polar surface area (TPSA) is 84.2 Å². The molecule has 0 bridgehead atoms. The Morgan fingerprint density at radius 1 is 0.966 bits per heavy atom.